The molecule has 9 heteroatoms. The second-order valence-corrected chi connectivity index (χ2v) is 4.51. The van der Waals surface area contributed by atoms with Gasteiger partial charge < -0.3 is 4.74 Å². The van der Waals surface area contributed by atoms with E-state index in [0.29, 0.717) is 0 Å². The van der Waals surface area contributed by atoms with Crippen LogP contribution >= 0.6 is 0 Å². The highest BCUT2D eigenvalue weighted by atomic mass is 32.2. The van der Waals surface area contributed by atoms with Crippen LogP contribution in [0.1, 0.15) is 0 Å². The summed E-state index contributed by atoms with van der Waals surface area (Å²) in [5, 5.41) is 0. The van der Waals surface area contributed by atoms with Gasteiger partial charge in [-0.3, -0.25) is 4.55 Å². The first-order chi connectivity index (χ1) is 8.45. The number of rotatable bonds is 3. The summed E-state index contributed by atoms with van der Waals surface area (Å²) in [6, 6.07) is 4.53. The molecule has 0 atom stereocenters. The molecule has 0 radical (unpaired) electrons. The molecule has 0 spiro atoms. The van der Waals surface area contributed by atoms with Crippen molar-refractivity contribution < 1.29 is 22.1 Å². The van der Waals surface area contributed by atoms with E-state index in [9.17, 15) is 12.8 Å². The van der Waals surface area contributed by atoms with E-state index < -0.39 is 16.2 Å². The maximum absolute atomic E-state index is 12.6. The Morgan fingerprint density at radius 3 is 2.39 bits per heavy atom. The lowest BCUT2D eigenvalue weighted by atomic mass is 10.3. The largest absolute Gasteiger partial charge is 0.424 e. The highest BCUT2D eigenvalue weighted by Gasteiger charge is 2.09. The monoisotopic (exact) mass is 271 g/mol. The molecule has 0 aliphatic carbocycles. The van der Waals surface area contributed by atoms with Crippen LogP contribution in [-0.2, 0) is 10.1 Å². The SMILES string of the molecule is O=S(=O)(O)c1ccc(Oc2ncnc(F)n2)cc1. The van der Waals surface area contributed by atoms with E-state index in [-0.39, 0.29) is 16.7 Å². The van der Waals surface area contributed by atoms with Crippen LogP contribution in [0.15, 0.2) is 35.5 Å². The summed E-state index contributed by atoms with van der Waals surface area (Å²) < 4.78 is 48.0. The molecule has 0 saturated carbocycles. The number of halogens is 1. The van der Waals surface area contributed by atoms with Crippen molar-refractivity contribution in [2.75, 3.05) is 0 Å². The van der Waals surface area contributed by atoms with Crippen molar-refractivity contribution in [2.45, 2.75) is 4.90 Å². The van der Waals surface area contributed by atoms with Crippen molar-refractivity contribution in [3.8, 4) is 11.8 Å². The van der Waals surface area contributed by atoms with E-state index in [1.54, 1.807) is 0 Å². The van der Waals surface area contributed by atoms with Crippen LogP contribution in [0.2, 0.25) is 0 Å². The minimum Gasteiger partial charge on any atom is -0.424 e. The second kappa shape index (κ2) is 4.63. The van der Waals surface area contributed by atoms with Gasteiger partial charge in [-0.1, -0.05) is 0 Å². The molecule has 94 valence electrons. The number of hydrogen-bond donors (Lipinski definition) is 1. The zero-order valence-electron chi connectivity index (χ0n) is 8.69. The molecule has 0 aliphatic heterocycles. The summed E-state index contributed by atoms with van der Waals surface area (Å²) in [4.78, 5) is 9.68. The van der Waals surface area contributed by atoms with Crippen LogP contribution in [0, 0.1) is 6.08 Å². The van der Waals surface area contributed by atoms with Crippen molar-refractivity contribution in [2.24, 2.45) is 0 Å². The minimum atomic E-state index is -4.26. The number of ether oxygens (including phenoxy) is 1. The normalized spacial score (nSPS) is 11.2. The Morgan fingerprint density at radius 2 is 1.83 bits per heavy atom. The van der Waals surface area contributed by atoms with E-state index in [1.807, 2.05) is 0 Å². The summed E-state index contributed by atoms with van der Waals surface area (Å²) in [5.74, 6) is 0.188. The zero-order chi connectivity index (χ0) is 13.2. The van der Waals surface area contributed by atoms with Gasteiger partial charge in [0.25, 0.3) is 10.1 Å². The lowest BCUT2D eigenvalue weighted by molar-refractivity contribution is 0.412. The van der Waals surface area contributed by atoms with E-state index >= 15 is 0 Å². The molecule has 0 bridgehead atoms. The Morgan fingerprint density at radius 1 is 1.17 bits per heavy atom. The molecule has 1 N–H and O–H groups in total. The Bertz CT molecular complexity index is 660. The van der Waals surface area contributed by atoms with Gasteiger partial charge in [0.05, 0.1) is 4.90 Å². The molecule has 0 unspecified atom stereocenters. The summed E-state index contributed by atoms with van der Waals surface area (Å²) in [5.41, 5.74) is 0. The standard InChI is InChI=1S/C9H6FN3O4S/c10-8-11-5-12-9(13-8)17-6-1-3-7(4-2-6)18(14,15)16/h1-5H,(H,14,15,16). The van der Waals surface area contributed by atoms with Crippen molar-refractivity contribution in [3.63, 3.8) is 0 Å². The molecule has 0 fully saturated rings. The van der Waals surface area contributed by atoms with Gasteiger partial charge >= 0.3 is 12.1 Å². The van der Waals surface area contributed by atoms with Gasteiger partial charge in [0.1, 0.15) is 12.1 Å². The molecule has 1 aromatic carbocycles. The first kappa shape index (κ1) is 12.3. The molecule has 7 nitrogen and oxygen atoms in total. The third-order valence-corrected chi connectivity index (χ3v) is 2.72. The molecule has 1 heterocycles. The third kappa shape index (κ3) is 2.96. The van der Waals surface area contributed by atoms with Crippen molar-refractivity contribution in [1.82, 2.24) is 15.0 Å². The van der Waals surface area contributed by atoms with Crippen LogP contribution in [0.5, 0.6) is 11.8 Å². The van der Waals surface area contributed by atoms with Gasteiger partial charge in [0, 0.05) is 0 Å². The lowest BCUT2D eigenvalue weighted by Gasteiger charge is -2.03. The molecular formula is C9H6FN3O4S. The van der Waals surface area contributed by atoms with Crippen molar-refractivity contribution in [3.05, 3.63) is 36.7 Å². The number of hydrogen-bond acceptors (Lipinski definition) is 6. The predicted octanol–water partition coefficient (Wildman–Crippen LogP) is 1.05. The fourth-order valence-electron chi connectivity index (χ4n) is 1.10. The zero-order valence-corrected chi connectivity index (χ0v) is 9.50. The van der Waals surface area contributed by atoms with Crippen molar-refractivity contribution >= 4 is 10.1 Å². The van der Waals surface area contributed by atoms with E-state index in [0.717, 1.165) is 18.5 Å². The molecule has 2 rings (SSSR count). The van der Waals surface area contributed by atoms with Gasteiger partial charge in [0.15, 0.2) is 0 Å². The highest BCUT2D eigenvalue weighted by molar-refractivity contribution is 7.85. The van der Waals surface area contributed by atoms with Crippen molar-refractivity contribution in [1.29, 1.82) is 0 Å². The third-order valence-electron chi connectivity index (χ3n) is 1.85. The molecule has 0 amide bonds. The van der Waals surface area contributed by atoms with Gasteiger partial charge in [-0.25, -0.2) is 0 Å². The van der Waals surface area contributed by atoms with E-state index in [1.165, 1.54) is 12.1 Å². The molecule has 0 aliphatic rings. The van der Waals surface area contributed by atoms with Crippen LogP contribution < -0.4 is 4.74 Å². The van der Waals surface area contributed by atoms with Gasteiger partial charge in [-0.2, -0.15) is 22.8 Å². The predicted molar refractivity (Wildman–Crippen MR) is 56.1 cm³/mol. The second-order valence-electron chi connectivity index (χ2n) is 3.09. The smallest absolute Gasteiger partial charge is 0.327 e. The molecule has 1 aromatic heterocycles. The first-order valence-corrected chi connectivity index (χ1v) is 5.99. The fourth-order valence-corrected chi connectivity index (χ4v) is 1.58. The average molecular weight is 271 g/mol. The molecule has 2 aromatic rings. The number of aromatic nitrogens is 3. The maximum Gasteiger partial charge on any atom is 0.327 e. The Labute approximate surface area is 101 Å². The average Bonchev–Trinajstić information content (AvgIpc) is 2.28. The van der Waals surface area contributed by atoms with Crippen LogP contribution in [0.25, 0.3) is 0 Å². The summed E-state index contributed by atoms with van der Waals surface area (Å²) in [6.07, 6.45) is -0.0564. The maximum atomic E-state index is 12.6. The Balaban J connectivity index is 2.21. The lowest BCUT2D eigenvalue weighted by Crippen LogP contribution is -1.98. The first-order valence-electron chi connectivity index (χ1n) is 4.55. The Kier molecular flexibility index (Phi) is 3.17. The Hall–Kier alpha value is -2.13. The highest BCUT2D eigenvalue weighted by Crippen LogP contribution is 2.19. The van der Waals surface area contributed by atoms with Gasteiger partial charge in [-0.15, -0.1) is 4.98 Å². The number of benzene rings is 1. The van der Waals surface area contributed by atoms with Crippen LogP contribution in [-0.4, -0.2) is 27.9 Å². The van der Waals surface area contributed by atoms with Gasteiger partial charge in [0.2, 0.25) is 0 Å². The van der Waals surface area contributed by atoms with Gasteiger partial charge in [-0.05, 0) is 24.3 Å². The number of nitrogens with zero attached hydrogens (tertiary/aromatic N) is 3. The van der Waals surface area contributed by atoms with Crippen LogP contribution in [0.4, 0.5) is 4.39 Å². The van der Waals surface area contributed by atoms with Crippen LogP contribution in [0.3, 0.4) is 0 Å². The molecule has 18 heavy (non-hydrogen) atoms. The topological polar surface area (TPSA) is 102 Å². The summed E-state index contributed by atoms with van der Waals surface area (Å²) >= 11 is 0. The molecule has 0 saturated heterocycles. The summed E-state index contributed by atoms with van der Waals surface area (Å²) in [6.45, 7) is 0. The molecular weight excluding hydrogens is 265 g/mol. The minimum absolute atomic E-state index is 0.188. The fraction of sp³-hybridized carbons (Fsp3) is 0. The summed E-state index contributed by atoms with van der Waals surface area (Å²) in [7, 11) is -4.26. The van der Waals surface area contributed by atoms with E-state index in [4.69, 9.17) is 9.29 Å². The van der Waals surface area contributed by atoms with E-state index in [2.05, 4.69) is 15.0 Å². The quantitative estimate of drug-likeness (QED) is 0.832.